The maximum Gasteiger partial charge on any atom is 0.306 e. The fourth-order valence-corrected chi connectivity index (χ4v) is 3.21. The minimum absolute atomic E-state index is 0.144. The largest absolute Gasteiger partial charge is 0.469 e. The van der Waals surface area contributed by atoms with Gasteiger partial charge >= 0.3 is 5.97 Å². The molecule has 1 aromatic rings. The van der Waals surface area contributed by atoms with E-state index in [1.54, 1.807) is 23.1 Å². The minimum Gasteiger partial charge on any atom is -0.469 e. The van der Waals surface area contributed by atoms with Crippen molar-refractivity contribution >= 4 is 29.1 Å². The number of carbonyl (C=O) groups excluding carboxylic acids is 1. The Hall–Kier alpha value is -0.550. The van der Waals surface area contributed by atoms with Gasteiger partial charge in [-0.25, -0.2) is 4.98 Å². The van der Waals surface area contributed by atoms with Crippen molar-refractivity contribution in [2.75, 3.05) is 7.11 Å². The Balaban J connectivity index is 2.31. The summed E-state index contributed by atoms with van der Waals surface area (Å²) in [7, 11) is 1.43. The van der Waals surface area contributed by atoms with Crippen LogP contribution in [-0.2, 0) is 21.7 Å². The molecule has 0 spiro atoms. The summed E-state index contributed by atoms with van der Waals surface area (Å²) >= 11 is 3.48. The number of hydrogen-bond donors (Lipinski definition) is 0. The van der Waals surface area contributed by atoms with Crippen LogP contribution in [0.1, 0.15) is 37.4 Å². The zero-order chi connectivity index (χ0) is 12.7. The third-order valence-electron chi connectivity index (χ3n) is 2.26. The molecule has 0 fully saturated rings. The number of hydrogen-bond acceptors (Lipinski definition) is 5. The van der Waals surface area contributed by atoms with Gasteiger partial charge in [-0.15, -0.1) is 11.3 Å². The van der Waals surface area contributed by atoms with Crippen LogP contribution < -0.4 is 0 Å². The first kappa shape index (κ1) is 14.5. The van der Waals surface area contributed by atoms with E-state index in [0.29, 0.717) is 6.42 Å². The third-order valence-corrected chi connectivity index (χ3v) is 4.42. The second kappa shape index (κ2) is 7.71. The second-order valence-corrected chi connectivity index (χ2v) is 6.25. The van der Waals surface area contributed by atoms with E-state index >= 15 is 0 Å². The van der Waals surface area contributed by atoms with Crippen molar-refractivity contribution < 1.29 is 9.53 Å². The molecule has 0 saturated carbocycles. The van der Waals surface area contributed by atoms with E-state index in [2.05, 4.69) is 22.0 Å². The molecule has 0 saturated heterocycles. The highest BCUT2D eigenvalue weighted by Gasteiger charge is 2.10. The number of thiazole rings is 1. The number of aryl methyl sites for hydroxylation is 1. The SMILES string of the molecule is CCCc1nc(CSC(C)CC(=O)OC)cs1. The molecular formula is C12H19NO2S2. The van der Waals surface area contributed by atoms with Gasteiger partial charge in [0.1, 0.15) is 0 Å². The third kappa shape index (κ3) is 5.55. The lowest BCUT2D eigenvalue weighted by atomic mass is 10.3. The van der Waals surface area contributed by atoms with Gasteiger partial charge in [0.2, 0.25) is 0 Å². The molecule has 1 unspecified atom stereocenters. The monoisotopic (exact) mass is 273 g/mol. The number of esters is 1. The Morgan fingerprint density at radius 3 is 3.06 bits per heavy atom. The molecule has 17 heavy (non-hydrogen) atoms. The molecule has 1 atom stereocenters. The normalized spacial score (nSPS) is 12.4. The number of carbonyl (C=O) groups is 1. The maximum absolute atomic E-state index is 11.1. The summed E-state index contributed by atoms with van der Waals surface area (Å²) in [6, 6.07) is 0. The number of thioether (sulfide) groups is 1. The summed E-state index contributed by atoms with van der Waals surface area (Å²) in [6.07, 6.45) is 2.67. The van der Waals surface area contributed by atoms with Crippen molar-refractivity contribution in [1.82, 2.24) is 4.98 Å². The smallest absolute Gasteiger partial charge is 0.306 e. The van der Waals surface area contributed by atoms with Gasteiger partial charge in [-0.3, -0.25) is 4.79 Å². The van der Waals surface area contributed by atoms with Gasteiger partial charge in [0.15, 0.2) is 0 Å². The van der Waals surface area contributed by atoms with Crippen LogP contribution in [0.2, 0.25) is 0 Å². The molecule has 96 valence electrons. The molecule has 0 aromatic carbocycles. The number of aromatic nitrogens is 1. The molecule has 0 radical (unpaired) electrons. The van der Waals surface area contributed by atoms with Crippen LogP contribution in [0.25, 0.3) is 0 Å². The molecule has 0 amide bonds. The summed E-state index contributed by atoms with van der Waals surface area (Å²) in [5.74, 6) is 0.730. The van der Waals surface area contributed by atoms with Crippen LogP contribution >= 0.6 is 23.1 Å². The topological polar surface area (TPSA) is 39.2 Å². The van der Waals surface area contributed by atoms with E-state index in [4.69, 9.17) is 0 Å². The summed E-state index contributed by atoms with van der Waals surface area (Å²) in [6.45, 7) is 4.20. The first-order valence-electron chi connectivity index (χ1n) is 5.77. The summed E-state index contributed by atoms with van der Waals surface area (Å²) in [5, 5.41) is 3.60. The van der Waals surface area contributed by atoms with Crippen molar-refractivity contribution in [1.29, 1.82) is 0 Å². The van der Waals surface area contributed by atoms with Gasteiger partial charge in [0, 0.05) is 16.4 Å². The summed E-state index contributed by atoms with van der Waals surface area (Å²) in [5.41, 5.74) is 1.13. The van der Waals surface area contributed by atoms with Gasteiger partial charge in [-0.05, 0) is 12.8 Å². The number of nitrogens with zero attached hydrogens (tertiary/aromatic N) is 1. The van der Waals surface area contributed by atoms with E-state index in [1.807, 2.05) is 6.92 Å². The summed E-state index contributed by atoms with van der Waals surface area (Å²) in [4.78, 5) is 15.6. The highest BCUT2D eigenvalue weighted by molar-refractivity contribution is 7.99. The lowest BCUT2D eigenvalue weighted by Crippen LogP contribution is -2.08. The predicted molar refractivity (Wildman–Crippen MR) is 73.5 cm³/mol. The zero-order valence-electron chi connectivity index (χ0n) is 10.6. The van der Waals surface area contributed by atoms with E-state index in [-0.39, 0.29) is 11.2 Å². The molecule has 5 heteroatoms. The highest BCUT2D eigenvalue weighted by Crippen LogP contribution is 2.22. The molecule has 0 N–H and O–H groups in total. The predicted octanol–water partition coefficient (Wildman–Crippen LogP) is 3.28. The second-order valence-electron chi connectivity index (χ2n) is 3.88. The first-order chi connectivity index (χ1) is 8.15. The van der Waals surface area contributed by atoms with E-state index < -0.39 is 0 Å². The number of rotatable bonds is 7. The fraction of sp³-hybridized carbons (Fsp3) is 0.667. The van der Waals surface area contributed by atoms with E-state index in [0.717, 1.165) is 24.3 Å². The Morgan fingerprint density at radius 1 is 1.65 bits per heavy atom. The quantitative estimate of drug-likeness (QED) is 0.715. The molecule has 1 rings (SSSR count). The minimum atomic E-state index is -0.144. The van der Waals surface area contributed by atoms with Crippen molar-refractivity contribution in [2.24, 2.45) is 0 Å². The molecule has 0 bridgehead atoms. The Bertz CT molecular complexity index is 352. The molecule has 0 aliphatic heterocycles. The Labute approximate surface area is 111 Å². The van der Waals surface area contributed by atoms with Gasteiger partial charge in [0.25, 0.3) is 0 Å². The highest BCUT2D eigenvalue weighted by atomic mass is 32.2. The van der Waals surface area contributed by atoms with Gasteiger partial charge in [-0.1, -0.05) is 13.8 Å². The molecule has 0 aliphatic carbocycles. The van der Waals surface area contributed by atoms with Gasteiger partial charge in [0.05, 0.1) is 24.2 Å². The van der Waals surface area contributed by atoms with E-state index in [1.165, 1.54) is 12.1 Å². The lowest BCUT2D eigenvalue weighted by Gasteiger charge is -2.08. The maximum atomic E-state index is 11.1. The van der Waals surface area contributed by atoms with Crippen LogP contribution in [0.5, 0.6) is 0 Å². The molecule has 1 heterocycles. The van der Waals surface area contributed by atoms with E-state index in [9.17, 15) is 4.79 Å². The average Bonchev–Trinajstić information content (AvgIpc) is 2.74. The van der Waals surface area contributed by atoms with Crippen LogP contribution in [0.15, 0.2) is 5.38 Å². The van der Waals surface area contributed by atoms with Crippen LogP contribution in [-0.4, -0.2) is 23.3 Å². The lowest BCUT2D eigenvalue weighted by molar-refractivity contribution is -0.140. The first-order valence-corrected chi connectivity index (χ1v) is 7.70. The Kier molecular flexibility index (Phi) is 6.58. The van der Waals surface area contributed by atoms with Crippen LogP contribution in [0.3, 0.4) is 0 Å². The van der Waals surface area contributed by atoms with Crippen molar-refractivity contribution in [3.63, 3.8) is 0 Å². The molecular weight excluding hydrogens is 254 g/mol. The summed E-state index contributed by atoms with van der Waals surface area (Å²) < 4.78 is 4.64. The molecule has 1 aromatic heterocycles. The molecule has 0 aliphatic rings. The fourth-order valence-electron chi connectivity index (χ4n) is 1.35. The number of methoxy groups -OCH3 is 1. The zero-order valence-corrected chi connectivity index (χ0v) is 12.2. The van der Waals surface area contributed by atoms with Gasteiger partial charge in [-0.2, -0.15) is 11.8 Å². The number of ether oxygens (including phenoxy) is 1. The van der Waals surface area contributed by atoms with Crippen LogP contribution in [0, 0.1) is 0 Å². The standard InChI is InChI=1S/C12H19NO2S2/c1-4-5-11-13-10(8-17-11)7-16-9(2)6-12(14)15-3/h8-9H,4-7H2,1-3H3. The van der Waals surface area contributed by atoms with Crippen LogP contribution in [0.4, 0.5) is 0 Å². The van der Waals surface area contributed by atoms with Crippen molar-refractivity contribution in [3.05, 3.63) is 16.1 Å². The van der Waals surface area contributed by atoms with Gasteiger partial charge < -0.3 is 4.74 Å². The Morgan fingerprint density at radius 2 is 2.41 bits per heavy atom. The molecule has 3 nitrogen and oxygen atoms in total. The van der Waals surface area contributed by atoms with Crippen molar-refractivity contribution in [2.45, 2.75) is 44.1 Å². The average molecular weight is 273 g/mol. The van der Waals surface area contributed by atoms with Crippen molar-refractivity contribution in [3.8, 4) is 0 Å².